The Balaban J connectivity index is 1.67. The number of hydrogen-bond acceptors (Lipinski definition) is 3. The van der Waals surface area contributed by atoms with Crippen molar-refractivity contribution in [1.82, 2.24) is 10.6 Å². The second-order valence-electron chi connectivity index (χ2n) is 5.52. The number of amides is 1. The zero-order valence-corrected chi connectivity index (χ0v) is 12.7. The van der Waals surface area contributed by atoms with Crippen LogP contribution in [-0.2, 0) is 13.1 Å². The fraction of sp³-hybridized carbons (Fsp3) is 0.278. The van der Waals surface area contributed by atoms with Crippen molar-refractivity contribution in [3.8, 4) is 5.75 Å². The fourth-order valence-electron chi connectivity index (χ4n) is 2.45. The molecule has 0 saturated heterocycles. The Morgan fingerprint density at radius 2 is 2.05 bits per heavy atom. The summed E-state index contributed by atoms with van der Waals surface area (Å²) in [5, 5.41) is 6.23. The molecule has 0 radical (unpaired) electrons. The summed E-state index contributed by atoms with van der Waals surface area (Å²) in [6, 6.07) is 13.8. The highest BCUT2D eigenvalue weighted by atomic mass is 16.5. The summed E-state index contributed by atoms with van der Waals surface area (Å²) in [7, 11) is 0. The van der Waals surface area contributed by atoms with Crippen molar-refractivity contribution in [2.24, 2.45) is 0 Å². The first kappa shape index (κ1) is 14.6. The maximum Gasteiger partial charge on any atom is 0.251 e. The molecule has 0 bridgehead atoms. The van der Waals surface area contributed by atoms with Crippen LogP contribution in [-0.4, -0.2) is 19.1 Å². The molecular weight excluding hydrogens is 276 g/mol. The van der Waals surface area contributed by atoms with Crippen LogP contribution in [0.25, 0.3) is 0 Å². The van der Waals surface area contributed by atoms with Gasteiger partial charge < -0.3 is 15.4 Å². The number of rotatable bonds is 3. The Morgan fingerprint density at radius 3 is 2.86 bits per heavy atom. The third-order valence-electron chi connectivity index (χ3n) is 3.75. The molecule has 0 fully saturated rings. The van der Waals surface area contributed by atoms with Gasteiger partial charge in [-0.15, -0.1) is 0 Å². The van der Waals surface area contributed by atoms with Crippen LogP contribution in [0.1, 0.15) is 27.0 Å². The second kappa shape index (κ2) is 6.62. The minimum atomic E-state index is -0.0624. The van der Waals surface area contributed by atoms with Gasteiger partial charge in [0, 0.05) is 30.8 Å². The predicted octanol–water partition coefficient (Wildman–Crippen LogP) is 2.41. The predicted molar refractivity (Wildman–Crippen MR) is 86.0 cm³/mol. The molecule has 3 rings (SSSR count). The molecule has 1 heterocycles. The highest BCUT2D eigenvalue weighted by molar-refractivity contribution is 5.94. The first-order chi connectivity index (χ1) is 10.7. The Bertz CT molecular complexity index is 665. The largest absolute Gasteiger partial charge is 0.492 e. The summed E-state index contributed by atoms with van der Waals surface area (Å²) in [5.41, 5.74) is 4.01. The Kier molecular flexibility index (Phi) is 4.39. The molecule has 114 valence electrons. The Morgan fingerprint density at radius 1 is 1.23 bits per heavy atom. The minimum absolute atomic E-state index is 0.0624. The van der Waals surface area contributed by atoms with Crippen LogP contribution in [0.3, 0.4) is 0 Å². The van der Waals surface area contributed by atoms with Crippen LogP contribution in [0.2, 0.25) is 0 Å². The second-order valence-corrected chi connectivity index (χ2v) is 5.52. The van der Waals surface area contributed by atoms with E-state index in [1.807, 2.05) is 49.4 Å². The molecular formula is C18H20N2O2. The number of carbonyl (C=O) groups excluding carboxylic acids is 1. The van der Waals surface area contributed by atoms with E-state index in [9.17, 15) is 4.79 Å². The lowest BCUT2D eigenvalue weighted by atomic mass is 10.1. The maximum absolute atomic E-state index is 12.3. The van der Waals surface area contributed by atoms with E-state index in [2.05, 4.69) is 10.6 Å². The first-order valence-corrected chi connectivity index (χ1v) is 7.52. The highest BCUT2D eigenvalue weighted by Crippen LogP contribution is 2.21. The van der Waals surface area contributed by atoms with E-state index in [1.54, 1.807) is 0 Å². The number of aryl methyl sites for hydroxylation is 1. The van der Waals surface area contributed by atoms with Crippen LogP contribution in [0.4, 0.5) is 0 Å². The van der Waals surface area contributed by atoms with Gasteiger partial charge in [-0.05, 0) is 30.7 Å². The topological polar surface area (TPSA) is 50.4 Å². The number of nitrogens with one attached hydrogen (secondary N) is 2. The molecule has 0 atom stereocenters. The molecule has 0 unspecified atom stereocenters. The van der Waals surface area contributed by atoms with E-state index in [0.717, 1.165) is 30.0 Å². The van der Waals surface area contributed by atoms with E-state index in [0.29, 0.717) is 18.7 Å². The van der Waals surface area contributed by atoms with E-state index < -0.39 is 0 Å². The average molecular weight is 296 g/mol. The van der Waals surface area contributed by atoms with Gasteiger partial charge in [0.2, 0.25) is 0 Å². The molecule has 2 aromatic rings. The van der Waals surface area contributed by atoms with E-state index in [4.69, 9.17) is 4.74 Å². The smallest absolute Gasteiger partial charge is 0.251 e. The van der Waals surface area contributed by atoms with Gasteiger partial charge in [0.1, 0.15) is 12.4 Å². The monoisotopic (exact) mass is 296 g/mol. The van der Waals surface area contributed by atoms with Crippen LogP contribution < -0.4 is 15.4 Å². The van der Waals surface area contributed by atoms with Gasteiger partial charge >= 0.3 is 0 Å². The number of benzene rings is 2. The summed E-state index contributed by atoms with van der Waals surface area (Å²) in [5.74, 6) is 0.799. The third kappa shape index (κ3) is 3.46. The standard InChI is InChI=1S/C18H20N2O2/c1-13-2-4-14(5-3-13)11-20-18(21)15-6-7-17-16(10-15)12-19-8-9-22-17/h2-7,10,19H,8-9,11-12H2,1H3,(H,20,21). The van der Waals surface area contributed by atoms with Crippen molar-refractivity contribution in [1.29, 1.82) is 0 Å². The summed E-state index contributed by atoms with van der Waals surface area (Å²) in [6.07, 6.45) is 0. The molecule has 1 aliphatic rings. The van der Waals surface area contributed by atoms with E-state index >= 15 is 0 Å². The molecule has 0 spiro atoms. The molecule has 2 aromatic carbocycles. The van der Waals surface area contributed by atoms with E-state index in [-0.39, 0.29) is 5.91 Å². The van der Waals surface area contributed by atoms with Crippen molar-refractivity contribution >= 4 is 5.91 Å². The lowest BCUT2D eigenvalue weighted by molar-refractivity contribution is 0.0951. The third-order valence-corrected chi connectivity index (χ3v) is 3.75. The summed E-state index contributed by atoms with van der Waals surface area (Å²) in [6.45, 7) is 4.79. The molecule has 2 N–H and O–H groups in total. The van der Waals surface area contributed by atoms with Crippen molar-refractivity contribution in [3.63, 3.8) is 0 Å². The first-order valence-electron chi connectivity index (χ1n) is 7.52. The van der Waals surface area contributed by atoms with Crippen molar-refractivity contribution in [3.05, 3.63) is 64.7 Å². The van der Waals surface area contributed by atoms with Crippen LogP contribution in [0.15, 0.2) is 42.5 Å². The maximum atomic E-state index is 12.3. The average Bonchev–Trinajstić information content (AvgIpc) is 2.78. The molecule has 0 aliphatic carbocycles. The lowest BCUT2D eigenvalue weighted by Crippen LogP contribution is -2.23. The van der Waals surface area contributed by atoms with Gasteiger partial charge in [-0.3, -0.25) is 4.79 Å². The van der Waals surface area contributed by atoms with Gasteiger partial charge in [0.05, 0.1) is 0 Å². The minimum Gasteiger partial charge on any atom is -0.492 e. The van der Waals surface area contributed by atoms with Crippen LogP contribution in [0.5, 0.6) is 5.75 Å². The highest BCUT2D eigenvalue weighted by Gasteiger charge is 2.12. The van der Waals surface area contributed by atoms with Crippen LogP contribution >= 0.6 is 0 Å². The molecule has 22 heavy (non-hydrogen) atoms. The number of carbonyl (C=O) groups is 1. The Labute approximate surface area is 130 Å². The van der Waals surface area contributed by atoms with Gasteiger partial charge in [-0.1, -0.05) is 29.8 Å². The van der Waals surface area contributed by atoms with Gasteiger partial charge in [-0.2, -0.15) is 0 Å². The Hall–Kier alpha value is -2.33. The zero-order valence-electron chi connectivity index (χ0n) is 12.7. The summed E-state index contributed by atoms with van der Waals surface area (Å²) < 4.78 is 5.63. The zero-order chi connectivity index (χ0) is 15.4. The normalized spacial score (nSPS) is 13.7. The fourth-order valence-corrected chi connectivity index (χ4v) is 2.45. The molecule has 0 aromatic heterocycles. The molecule has 1 amide bonds. The SMILES string of the molecule is Cc1ccc(CNC(=O)c2ccc3c(c2)CNCCO3)cc1. The van der Waals surface area contributed by atoms with Gasteiger partial charge in [0.25, 0.3) is 5.91 Å². The van der Waals surface area contributed by atoms with E-state index in [1.165, 1.54) is 5.56 Å². The van der Waals surface area contributed by atoms with Crippen molar-refractivity contribution in [2.75, 3.05) is 13.2 Å². The van der Waals surface area contributed by atoms with Gasteiger partial charge in [-0.25, -0.2) is 0 Å². The quantitative estimate of drug-likeness (QED) is 0.914. The molecule has 4 heteroatoms. The molecule has 4 nitrogen and oxygen atoms in total. The van der Waals surface area contributed by atoms with Crippen LogP contribution in [0, 0.1) is 6.92 Å². The lowest BCUT2D eigenvalue weighted by Gasteiger charge is -2.10. The number of fused-ring (bicyclic) bond motifs is 1. The van der Waals surface area contributed by atoms with Crippen molar-refractivity contribution < 1.29 is 9.53 Å². The van der Waals surface area contributed by atoms with Gasteiger partial charge in [0.15, 0.2) is 0 Å². The summed E-state index contributed by atoms with van der Waals surface area (Å²) in [4.78, 5) is 12.3. The molecule has 1 aliphatic heterocycles. The number of ether oxygens (including phenoxy) is 1. The molecule has 0 saturated carbocycles. The van der Waals surface area contributed by atoms with Crippen molar-refractivity contribution in [2.45, 2.75) is 20.0 Å². The summed E-state index contributed by atoms with van der Waals surface area (Å²) >= 11 is 0. The number of hydrogen-bond donors (Lipinski definition) is 2.